The van der Waals surface area contributed by atoms with Crippen LogP contribution in [0.5, 0.6) is 0 Å². The van der Waals surface area contributed by atoms with Crippen LogP contribution in [0.15, 0.2) is 11.7 Å². The first-order valence-corrected chi connectivity index (χ1v) is 6.92. The standard InChI is InChI=1S/C12H21N3OS/c1-4-5-9(2)15-12(16)10(3)14-7-11-6-13-8-17-11/h6,8-10,14H,4-5,7H2,1-3H3,(H,15,16). The van der Waals surface area contributed by atoms with Crippen LogP contribution in [0.2, 0.25) is 0 Å². The Labute approximate surface area is 107 Å². The smallest absolute Gasteiger partial charge is 0.237 e. The summed E-state index contributed by atoms with van der Waals surface area (Å²) in [4.78, 5) is 16.9. The van der Waals surface area contributed by atoms with E-state index in [0.717, 1.165) is 17.7 Å². The van der Waals surface area contributed by atoms with Crippen molar-refractivity contribution in [1.82, 2.24) is 15.6 Å². The normalized spacial score (nSPS) is 14.3. The van der Waals surface area contributed by atoms with E-state index in [9.17, 15) is 4.79 Å². The Morgan fingerprint density at radius 1 is 1.53 bits per heavy atom. The maximum atomic E-state index is 11.8. The number of rotatable bonds is 7. The highest BCUT2D eigenvalue weighted by atomic mass is 32.1. The van der Waals surface area contributed by atoms with E-state index in [1.807, 2.05) is 20.0 Å². The van der Waals surface area contributed by atoms with Crippen molar-refractivity contribution in [3.8, 4) is 0 Å². The summed E-state index contributed by atoms with van der Waals surface area (Å²) in [6, 6.07) is 0.0801. The van der Waals surface area contributed by atoms with Gasteiger partial charge < -0.3 is 10.6 Å². The van der Waals surface area contributed by atoms with E-state index in [-0.39, 0.29) is 18.0 Å². The molecule has 0 bridgehead atoms. The average Bonchev–Trinajstić information content (AvgIpc) is 2.78. The first-order valence-electron chi connectivity index (χ1n) is 6.04. The summed E-state index contributed by atoms with van der Waals surface area (Å²) in [5.74, 6) is 0.0652. The molecule has 2 atom stereocenters. The van der Waals surface area contributed by atoms with Crippen LogP contribution in [-0.4, -0.2) is 23.0 Å². The predicted molar refractivity (Wildman–Crippen MR) is 70.9 cm³/mol. The Bertz CT molecular complexity index is 327. The molecule has 2 N–H and O–H groups in total. The molecule has 4 nitrogen and oxygen atoms in total. The van der Waals surface area contributed by atoms with Crippen LogP contribution in [0.25, 0.3) is 0 Å². The van der Waals surface area contributed by atoms with Crippen LogP contribution in [0, 0.1) is 0 Å². The minimum Gasteiger partial charge on any atom is -0.352 e. The van der Waals surface area contributed by atoms with Gasteiger partial charge in [-0.1, -0.05) is 13.3 Å². The second kappa shape index (κ2) is 7.40. The molecular formula is C12H21N3OS. The number of nitrogens with one attached hydrogen (secondary N) is 2. The van der Waals surface area contributed by atoms with Gasteiger partial charge in [-0.2, -0.15) is 0 Å². The Balaban J connectivity index is 2.26. The van der Waals surface area contributed by atoms with Gasteiger partial charge in [-0.05, 0) is 20.3 Å². The number of carbonyl (C=O) groups excluding carboxylic acids is 1. The van der Waals surface area contributed by atoms with Crippen molar-refractivity contribution >= 4 is 17.2 Å². The zero-order valence-corrected chi connectivity index (χ0v) is 11.5. The van der Waals surface area contributed by atoms with Crippen molar-refractivity contribution in [2.24, 2.45) is 0 Å². The van der Waals surface area contributed by atoms with E-state index in [1.54, 1.807) is 16.8 Å². The lowest BCUT2D eigenvalue weighted by molar-refractivity contribution is -0.123. The third-order valence-corrected chi connectivity index (χ3v) is 3.35. The largest absolute Gasteiger partial charge is 0.352 e. The molecule has 0 aromatic carbocycles. The molecule has 0 saturated carbocycles. The molecule has 96 valence electrons. The van der Waals surface area contributed by atoms with Crippen LogP contribution in [0.4, 0.5) is 0 Å². The van der Waals surface area contributed by atoms with Crippen molar-refractivity contribution in [3.05, 3.63) is 16.6 Å². The zero-order valence-electron chi connectivity index (χ0n) is 10.7. The van der Waals surface area contributed by atoms with E-state index < -0.39 is 0 Å². The minimum absolute atomic E-state index is 0.0652. The first kappa shape index (κ1) is 14.1. The van der Waals surface area contributed by atoms with Crippen LogP contribution in [-0.2, 0) is 11.3 Å². The van der Waals surface area contributed by atoms with E-state index in [1.165, 1.54) is 0 Å². The summed E-state index contributed by atoms with van der Waals surface area (Å²) in [5, 5.41) is 6.19. The maximum absolute atomic E-state index is 11.8. The monoisotopic (exact) mass is 255 g/mol. The molecule has 1 heterocycles. The summed E-state index contributed by atoms with van der Waals surface area (Å²) in [5.41, 5.74) is 1.80. The van der Waals surface area contributed by atoms with Crippen LogP contribution < -0.4 is 10.6 Å². The molecule has 0 saturated heterocycles. The molecule has 1 aromatic rings. The molecule has 1 rings (SSSR count). The number of hydrogen-bond acceptors (Lipinski definition) is 4. The maximum Gasteiger partial charge on any atom is 0.237 e. The SMILES string of the molecule is CCCC(C)NC(=O)C(C)NCc1cncs1. The highest BCUT2D eigenvalue weighted by Crippen LogP contribution is 2.04. The molecule has 17 heavy (non-hydrogen) atoms. The summed E-state index contributed by atoms with van der Waals surface area (Å²) in [7, 11) is 0. The van der Waals surface area contributed by atoms with E-state index in [4.69, 9.17) is 0 Å². The Kier molecular flexibility index (Phi) is 6.15. The summed E-state index contributed by atoms with van der Waals surface area (Å²) >= 11 is 1.59. The van der Waals surface area contributed by atoms with Gasteiger partial charge in [0.15, 0.2) is 0 Å². The Morgan fingerprint density at radius 3 is 2.88 bits per heavy atom. The number of amides is 1. The van der Waals surface area contributed by atoms with Gasteiger partial charge in [-0.25, -0.2) is 0 Å². The predicted octanol–water partition coefficient (Wildman–Crippen LogP) is 1.93. The van der Waals surface area contributed by atoms with Gasteiger partial charge in [-0.15, -0.1) is 11.3 Å². The fourth-order valence-corrected chi connectivity index (χ4v) is 2.09. The van der Waals surface area contributed by atoms with Crippen molar-refractivity contribution < 1.29 is 4.79 Å². The quantitative estimate of drug-likeness (QED) is 0.782. The average molecular weight is 255 g/mol. The molecule has 0 aliphatic heterocycles. The van der Waals surface area contributed by atoms with Crippen LogP contribution >= 0.6 is 11.3 Å². The van der Waals surface area contributed by atoms with Gasteiger partial charge in [0, 0.05) is 23.7 Å². The van der Waals surface area contributed by atoms with Gasteiger partial charge in [0.2, 0.25) is 5.91 Å². The first-order chi connectivity index (χ1) is 8.13. The molecule has 5 heteroatoms. The molecular weight excluding hydrogens is 234 g/mol. The fourth-order valence-electron chi connectivity index (χ4n) is 1.55. The van der Waals surface area contributed by atoms with E-state index >= 15 is 0 Å². The Hall–Kier alpha value is -0.940. The Morgan fingerprint density at radius 2 is 2.29 bits per heavy atom. The molecule has 0 fully saturated rings. The number of nitrogens with zero attached hydrogens (tertiary/aromatic N) is 1. The third-order valence-electron chi connectivity index (χ3n) is 2.57. The molecule has 0 spiro atoms. The molecule has 0 aliphatic carbocycles. The zero-order chi connectivity index (χ0) is 12.7. The van der Waals surface area contributed by atoms with Gasteiger partial charge in [0.25, 0.3) is 0 Å². The van der Waals surface area contributed by atoms with Crippen molar-refractivity contribution in [2.45, 2.75) is 52.2 Å². The third kappa shape index (κ3) is 5.28. The highest BCUT2D eigenvalue weighted by Gasteiger charge is 2.14. The van der Waals surface area contributed by atoms with E-state index in [0.29, 0.717) is 6.54 Å². The summed E-state index contributed by atoms with van der Waals surface area (Å²) in [6.45, 7) is 6.74. The van der Waals surface area contributed by atoms with Gasteiger partial charge in [-0.3, -0.25) is 9.78 Å². The topological polar surface area (TPSA) is 54.0 Å². The number of hydrogen-bond donors (Lipinski definition) is 2. The van der Waals surface area contributed by atoms with E-state index in [2.05, 4.69) is 22.5 Å². The molecule has 0 aliphatic rings. The molecule has 2 unspecified atom stereocenters. The molecule has 1 amide bonds. The van der Waals surface area contributed by atoms with Gasteiger partial charge >= 0.3 is 0 Å². The summed E-state index contributed by atoms with van der Waals surface area (Å²) < 4.78 is 0. The highest BCUT2D eigenvalue weighted by molar-refractivity contribution is 7.09. The van der Waals surface area contributed by atoms with Crippen LogP contribution in [0.1, 0.15) is 38.5 Å². The van der Waals surface area contributed by atoms with Crippen molar-refractivity contribution in [2.75, 3.05) is 0 Å². The van der Waals surface area contributed by atoms with Crippen molar-refractivity contribution in [1.29, 1.82) is 0 Å². The number of aromatic nitrogens is 1. The lowest BCUT2D eigenvalue weighted by atomic mass is 10.2. The van der Waals surface area contributed by atoms with Gasteiger partial charge in [0.1, 0.15) is 0 Å². The lowest BCUT2D eigenvalue weighted by Gasteiger charge is -2.17. The summed E-state index contributed by atoms with van der Waals surface area (Å²) in [6.07, 6.45) is 3.93. The molecule has 1 aromatic heterocycles. The second-order valence-electron chi connectivity index (χ2n) is 4.27. The number of carbonyl (C=O) groups is 1. The van der Waals surface area contributed by atoms with Crippen LogP contribution in [0.3, 0.4) is 0 Å². The van der Waals surface area contributed by atoms with Crippen molar-refractivity contribution in [3.63, 3.8) is 0 Å². The second-order valence-corrected chi connectivity index (χ2v) is 5.24. The number of thiazole rings is 1. The fraction of sp³-hybridized carbons (Fsp3) is 0.667. The van der Waals surface area contributed by atoms with Gasteiger partial charge in [0.05, 0.1) is 11.6 Å². The molecule has 0 radical (unpaired) electrons. The lowest BCUT2D eigenvalue weighted by Crippen LogP contribution is -2.45. The minimum atomic E-state index is -0.170.